The highest BCUT2D eigenvalue weighted by atomic mass is 28.3. The Morgan fingerprint density at radius 3 is 2.44 bits per heavy atom. The topological polar surface area (TPSA) is 0 Å². The van der Waals surface area contributed by atoms with E-state index in [0.717, 1.165) is 6.42 Å². The highest BCUT2D eigenvalue weighted by molar-refractivity contribution is 6.77. The van der Waals surface area contributed by atoms with E-state index in [0.29, 0.717) is 0 Å². The standard InChI is InChI=1S/C15H22Si/c1-11-8-12(2)15-13(9-11)6-7-14(15)10-16(3,4)5/h7-9H,6,10H2,1-5H3. The summed E-state index contributed by atoms with van der Waals surface area (Å²) in [6.07, 6.45) is 3.60. The molecule has 1 heteroatoms. The fourth-order valence-corrected chi connectivity index (χ4v) is 4.21. The van der Waals surface area contributed by atoms with Crippen molar-refractivity contribution in [3.8, 4) is 0 Å². The third-order valence-corrected chi connectivity index (χ3v) is 4.61. The molecule has 0 amide bonds. The Hall–Kier alpha value is -0.823. The van der Waals surface area contributed by atoms with Gasteiger partial charge in [-0.25, -0.2) is 0 Å². The Labute approximate surface area is 100 Å². The summed E-state index contributed by atoms with van der Waals surface area (Å²) in [6, 6.07) is 6.00. The molecule has 0 bridgehead atoms. The highest BCUT2D eigenvalue weighted by Crippen LogP contribution is 2.36. The van der Waals surface area contributed by atoms with E-state index >= 15 is 0 Å². The summed E-state index contributed by atoms with van der Waals surface area (Å²) in [5.74, 6) is 0. The van der Waals surface area contributed by atoms with Crippen LogP contribution >= 0.6 is 0 Å². The van der Waals surface area contributed by atoms with Crippen molar-refractivity contribution in [1.82, 2.24) is 0 Å². The van der Waals surface area contributed by atoms with Gasteiger partial charge in [0.2, 0.25) is 0 Å². The number of hydrogen-bond acceptors (Lipinski definition) is 0. The predicted octanol–water partition coefficient (Wildman–Crippen LogP) is 4.58. The molecular weight excluding hydrogens is 208 g/mol. The SMILES string of the molecule is Cc1cc(C)c2c(c1)CC=C2C[Si](C)(C)C. The van der Waals surface area contributed by atoms with Crippen LogP contribution in [0.25, 0.3) is 5.57 Å². The Bertz CT molecular complexity index is 447. The van der Waals surface area contributed by atoms with Crippen LogP contribution in [0.2, 0.25) is 25.7 Å². The Morgan fingerprint density at radius 2 is 1.81 bits per heavy atom. The van der Waals surface area contributed by atoms with Crippen molar-refractivity contribution in [2.24, 2.45) is 0 Å². The zero-order valence-corrected chi connectivity index (χ0v) is 12.1. The molecule has 0 saturated carbocycles. The largest absolute Gasteiger partial charge is 0.0766 e. The molecule has 0 aromatic heterocycles. The monoisotopic (exact) mass is 230 g/mol. The van der Waals surface area contributed by atoms with Gasteiger partial charge in [0.25, 0.3) is 0 Å². The van der Waals surface area contributed by atoms with Gasteiger partial charge in [0, 0.05) is 8.07 Å². The van der Waals surface area contributed by atoms with E-state index in [2.05, 4.69) is 51.7 Å². The molecule has 0 aliphatic heterocycles. The maximum absolute atomic E-state index is 2.45. The molecule has 0 spiro atoms. The first kappa shape index (κ1) is 11.7. The van der Waals surface area contributed by atoms with E-state index in [-0.39, 0.29) is 0 Å². The van der Waals surface area contributed by atoms with E-state index in [4.69, 9.17) is 0 Å². The minimum Gasteiger partial charge on any atom is -0.0766 e. The summed E-state index contributed by atoms with van der Waals surface area (Å²) >= 11 is 0. The van der Waals surface area contributed by atoms with Gasteiger partial charge in [-0.2, -0.15) is 0 Å². The average Bonchev–Trinajstić information content (AvgIpc) is 2.44. The molecule has 1 aliphatic carbocycles. The molecule has 1 aliphatic rings. The number of benzene rings is 1. The molecular formula is C15H22Si. The number of rotatable bonds is 2. The quantitative estimate of drug-likeness (QED) is 0.652. The van der Waals surface area contributed by atoms with Gasteiger partial charge in [-0.3, -0.25) is 0 Å². The molecule has 0 fully saturated rings. The maximum atomic E-state index is 2.45. The van der Waals surface area contributed by atoms with Gasteiger partial charge in [0.1, 0.15) is 0 Å². The van der Waals surface area contributed by atoms with Crippen molar-refractivity contribution in [2.75, 3.05) is 0 Å². The van der Waals surface area contributed by atoms with Gasteiger partial charge in [-0.05, 0) is 48.6 Å². The minimum absolute atomic E-state index is 0.996. The molecule has 1 aromatic rings. The normalized spacial score (nSPS) is 14.9. The Balaban J connectivity index is 2.38. The van der Waals surface area contributed by atoms with Crippen LogP contribution in [0, 0.1) is 13.8 Å². The van der Waals surface area contributed by atoms with Crippen LogP contribution in [-0.2, 0) is 6.42 Å². The van der Waals surface area contributed by atoms with Crippen molar-refractivity contribution >= 4 is 13.6 Å². The first-order chi connectivity index (χ1) is 7.37. The second-order valence-electron chi connectivity index (χ2n) is 6.29. The molecule has 0 atom stereocenters. The fourth-order valence-electron chi connectivity index (χ4n) is 2.74. The maximum Gasteiger partial charge on any atom is 0.0487 e. The van der Waals surface area contributed by atoms with Crippen LogP contribution in [-0.4, -0.2) is 8.07 Å². The van der Waals surface area contributed by atoms with Crippen LogP contribution in [0.3, 0.4) is 0 Å². The van der Waals surface area contributed by atoms with Crippen molar-refractivity contribution < 1.29 is 0 Å². The van der Waals surface area contributed by atoms with Gasteiger partial charge < -0.3 is 0 Å². The van der Waals surface area contributed by atoms with Crippen LogP contribution in [0.4, 0.5) is 0 Å². The minimum atomic E-state index is -0.996. The Kier molecular flexibility index (Phi) is 2.83. The molecule has 0 saturated heterocycles. The molecule has 0 nitrogen and oxygen atoms in total. The third kappa shape index (κ3) is 2.30. The number of hydrogen-bond donors (Lipinski definition) is 0. The van der Waals surface area contributed by atoms with Gasteiger partial charge in [-0.1, -0.05) is 43.4 Å². The molecule has 86 valence electrons. The van der Waals surface area contributed by atoms with Crippen LogP contribution in [0.5, 0.6) is 0 Å². The summed E-state index contributed by atoms with van der Waals surface area (Å²) in [5.41, 5.74) is 7.60. The van der Waals surface area contributed by atoms with Gasteiger partial charge >= 0.3 is 0 Å². The lowest BCUT2D eigenvalue weighted by molar-refractivity contribution is 1.25. The van der Waals surface area contributed by atoms with E-state index in [1.165, 1.54) is 17.2 Å². The zero-order chi connectivity index (χ0) is 11.9. The molecule has 1 aromatic carbocycles. The van der Waals surface area contributed by atoms with Crippen molar-refractivity contribution in [3.63, 3.8) is 0 Å². The number of aryl methyl sites for hydroxylation is 2. The van der Waals surface area contributed by atoms with E-state index in [1.54, 1.807) is 16.7 Å². The van der Waals surface area contributed by atoms with Crippen LogP contribution in [0.1, 0.15) is 22.3 Å². The number of allylic oxidation sites excluding steroid dienone is 2. The van der Waals surface area contributed by atoms with E-state index < -0.39 is 8.07 Å². The smallest absolute Gasteiger partial charge is 0.0487 e. The summed E-state index contributed by atoms with van der Waals surface area (Å²) < 4.78 is 0. The van der Waals surface area contributed by atoms with Gasteiger partial charge in [0.05, 0.1) is 0 Å². The lowest BCUT2D eigenvalue weighted by atomic mass is 9.98. The van der Waals surface area contributed by atoms with Crippen LogP contribution < -0.4 is 0 Å². The number of fused-ring (bicyclic) bond motifs is 1. The summed E-state index contributed by atoms with van der Waals surface area (Å²) in [4.78, 5) is 0. The predicted molar refractivity (Wildman–Crippen MR) is 75.8 cm³/mol. The van der Waals surface area contributed by atoms with Crippen molar-refractivity contribution in [1.29, 1.82) is 0 Å². The average molecular weight is 230 g/mol. The zero-order valence-electron chi connectivity index (χ0n) is 11.1. The summed E-state index contributed by atoms with van der Waals surface area (Å²) in [5, 5.41) is 0. The molecule has 0 heterocycles. The lowest BCUT2D eigenvalue weighted by Crippen LogP contribution is -2.19. The third-order valence-electron chi connectivity index (χ3n) is 3.17. The van der Waals surface area contributed by atoms with Gasteiger partial charge in [0.15, 0.2) is 0 Å². The fraction of sp³-hybridized carbons (Fsp3) is 0.467. The molecule has 0 N–H and O–H groups in total. The van der Waals surface area contributed by atoms with E-state index in [1.807, 2.05) is 0 Å². The Morgan fingerprint density at radius 1 is 1.12 bits per heavy atom. The van der Waals surface area contributed by atoms with Crippen molar-refractivity contribution in [2.45, 2.75) is 46.0 Å². The van der Waals surface area contributed by atoms with Gasteiger partial charge in [-0.15, -0.1) is 0 Å². The first-order valence-corrected chi connectivity index (χ1v) is 9.87. The molecule has 2 rings (SSSR count). The second kappa shape index (κ2) is 3.88. The first-order valence-electron chi connectivity index (χ1n) is 6.16. The molecule has 16 heavy (non-hydrogen) atoms. The van der Waals surface area contributed by atoms with Crippen LogP contribution in [0.15, 0.2) is 18.2 Å². The molecule has 0 radical (unpaired) electrons. The highest BCUT2D eigenvalue weighted by Gasteiger charge is 2.22. The summed E-state index contributed by atoms with van der Waals surface area (Å²) in [6.45, 7) is 11.8. The van der Waals surface area contributed by atoms with E-state index in [9.17, 15) is 0 Å². The second-order valence-corrected chi connectivity index (χ2v) is 11.8. The molecule has 0 unspecified atom stereocenters. The lowest BCUT2D eigenvalue weighted by Gasteiger charge is -2.19. The summed E-state index contributed by atoms with van der Waals surface area (Å²) in [7, 11) is -0.996. The van der Waals surface area contributed by atoms with Crippen molar-refractivity contribution in [3.05, 3.63) is 40.5 Å².